The first-order chi connectivity index (χ1) is 9.29. The SMILES string of the molecule is COCCCC12CCC(c3ccccc3)(CC1)CC2. The van der Waals surface area contributed by atoms with Gasteiger partial charge in [-0.1, -0.05) is 30.3 Å². The van der Waals surface area contributed by atoms with E-state index in [1.807, 2.05) is 7.11 Å². The highest BCUT2D eigenvalue weighted by Crippen LogP contribution is 2.59. The van der Waals surface area contributed by atoms with Crippen molar-refractivity contribution in [3.63, 3.8) is 0 Å². The Morgan fingerprint density at radius 1 is 0.947 bits per heavy atom. The Morgan fingerprint density at radius 3 is 2.16 bits per heavy atom. The zero-order valence-corrected chi connectivity index (χ0v) is 12.2. The van der Waals surface area contributed by atoms with Crippen molar-refractivity contribution >= 4 is 0 Å². The van der Waals surface area contributed by atoms with E-state index in [9.17, 15) is 0 Å². The molecule has 3 aliphatic carbocycles. The van der Waals surface area contributed by atoms with Crippen LogP contribution in [0.3, 0.4) is 0 Å². The second kappa shape index (κ2) is 5.28. The average Bonchev–Trinajstić information content (AvgIpc) is 2.50. The molecule has 3 aliphatic rings. The van der Waals surface area contributed by atoms with Gasteiger partial charge in [-0.3, -0.25) is 0 Å². The molecule has 0 spiro atoms. The van der Waals surface area contributed by atoms with Crippen LogP contribution in [0.5, 0.6) is 0 Å². The summed E-state index contributed by atoms with van der Waals surface area (Å²) in [5, 5.41) is 0. The summed E-state index contributed by atoms with van der Waals surface area (Å²) < 4.78 is 5.22. The fourth-order valence-electron chi connectivity index (χ4n) is 4.45. The second-order valence-electron chi connectivity index (χ2n) is 6.74. The molecule has 0 radical (unpaired) electrons. The molecular weight excluding hydrogens is 232 g/mol. The van der Waals surface area contributed by atoms with Crippen LogP contribution in [0.15, 0.2) is 30.3 Å². The number of rotatable bonds is 5. The van der Waals surface area contributed by atoms with Crippen molar-refractivity contribution in [3.05, 3.63) is 35.9 Å². The number of hydrogen-bond acceptors (Lipinski definition) is 1. The van der Waals surface area contributed by atoms with E-state index in [0.717, 1.165) is 6.61 Å². The van der Waals surface area contributed by atoms with Crippen LogP contribution in [0.25, 0.3) is 0 Å². The average molecular weight is 258 g/mol. The third-order valence-electron chi connectivity index (χ3n) is 5.84. The van der Waals surface area contributed by atoms with Gasteiger partial charge in [0.2, 0.25) is 0 Å². The highest BCUT2D eigenvalue weighted by Gasteiger charge is 2.48. The van der Waals surface area contributed by atoms with E-state index < -0.39 is 0 Å². The summed E-state index contributed by atoms with van der Waals surface area (Å²) in [5.41, 5.74) is 2.78. The molecule has 1 nitrogen and oxygen atoms in total. The predicted octanol–water partition coefficient (Wildman–Crippen LogP) is 4.71. The van der Waals surface area contributed by atoms with Gasteiger partial charge in [-0.25, -0.2) is 0 Å². The fourth-order valence-corrected chi connectivity index (χ4v) is 4.45. The van der Waals surface area contributed by atoms with Crippen LogP contribution in [0, 0.1) is 5.41 Å². The largest absolute Gasteiger partial charge is 0.385 e. The highest BCUT2D eigenvalue weighted by atomic mass is 16.5. The van der Waals surface area contributed by atoms with Crippen LogP contribution in [0.1, 0.15) is 56.9 Å². The lowest BCUT2D eigenvalue weighted by Gasteiger charge is -2.54. The zero-order valence-electron chi connectivity index (χ0n) is 12.2. The molecule has 0 amide bonds. The smallest absolute Gasteiger partial charge is 0.0462 e. The number of ether oxygens (including phenoxy) is 1. The summed E-state index contributed by atoms with van der Waals surface area (Å²) in [6, 6.07) is 11.3. The van der Waals surface area contributed by atoms with Crippen LogP contribution in [0.2, 0.25) is 0 Å². The number of hydrogen-bond donors (Lipinski definition) is 0. The first-order valence-electron chi connectivity index (χ1n) is 7.83. The molecule has 1 aromatic rings. The molecule has 0 saturated heterocycles. The molecule has 1 aromatic carbocycles. The van der Waals surface area contributed by atoms with E-state index >= 15 is 0 Å². The molecule has 1 heteroatoms. The minimum Gasteiger partial charge on any atom is -0.385 e. The first kappa shape index (κ1) is 13.2. The molecule has 0 N–H and O–H groups in total. The zero-order chi connectivity index (χ0) is 13.2. The van der Waals surface area contributed by atoms with E-state index in [-0.39, 0.29) is 0 Å². The number of fused-ring (bicyclic) bond motifs is 3. The Morgan fingerprint density at radius 2 is 1.58 bits per heavy atom. The minimum absolute atomic E-state index is 0.518. The molecule has 4 rings (SSSR count). The molecule has 0 aliphatic heterocycles. The quantitative estimate of drug-likeness (QED) is 0.695. The van der Waals surface area contributed by atoms with Crippen molar-refractivity contribution in [2.45, 2.75) is 56.8 Å². The Kier molecular flexibility index (Phi) is 3.66. The third kappa shape index (κ3) is 2.45. The van der Waals surface area contributed by atoms with Gasteiger partial charge >= 0.3 is 0 Å². The Bertz CT molecular complexity index is 384. The Hall–Kier alpha value is -0.820. The summed E-state index contributed by atoms with van der Waals surface area (Å²) >= 11 is 0. The Balaban J connectivity index is 1.68. The van der Waals surface area contributed by atoms with Crippen LogP contribution in [-0.2, 0) is 10.2 Å². The summed E-state index contributed by atoms with van der Waals surface area (Å²) in [7, 11) is 1.82. The topological polar surface area (TPSA) is 9.23 Å². The predicted molar refractivity (Wildman–Crippen MR) is 79.4 cm³/mol. The van der Waals surface area contributed by atoms with E-state index in [1.54, 1.807) is 5.56 Å². The lowest BCUT2D eigenvalue weighted by molar-refractivity contribution is 0.0252. The minimum atomic E-state index is 0.518. The highest BCUT2D eigenvalue weighted by molar-refractivity contribution is 5.28. The Labute approximate surface area is 117 Å². The van der Waals surface area contributed by atoms with Crippen molar-refractivity contribution in [3.8, 4) is 0 Å². The van der Waals surface area contributed by atoms with Gasteiger partial charge in [-0.2, -0.15) is 0 Å². The van der Waals surface area contributed by atoms with Crippen LogP contribution < -0.4 is 0 Å². The van der Waals surface area contributed by atoms with Crippen LogP contribution >= 0.6 is 0 Å². The summed E-state index contributed by atoms with van der Waals surface area (Å²) in [6.45, 7) is 0.936. The summed E-state index contributed by atoms with van der Waals surface area (Å²) in [4.78, 5) is 0. The van der Waals surface area contributed by atoms with Gasteiger partial charge in [0, 0.05) is 13.7 Å². The molecule has 2 bridgehead atoms. The van der Waals surface area contributed by atoms with Gasteiger partial charge in [0.15, 0.2) is 0 Å². The van der Waals surface area contributed by atoms with Gasteiger partial charge < -0.3 is 4.74 Å². The fraction of sp³-hybridized carbons (Fsp3) is 0.667. The van der Waals surface area contributed by atoms with Gasteiger partial charge in [-0.15, -0.1) is 0 Å². The van der Waals surface area contributed by atoms with Crippen molar-refractivity contribution in [1.82, 2.24) is 0 Å². The monoisotopic (exact) mass is 258 g/mol. The van der Waals surface area contributed by atoms with Crippen molar-refractivity contribution in [2.24, 2.45) is 5.41 Å². The molecule has 0 atom stereocenters. The maximum absolute atomic E-state index is 5.22. The lowest BCUT2D eigenvalue weighted by atomic mass is 9.51. The maximum atomic E-state index is 5.22. The second-order valence-corrected chi connectivity index (χ2v) is 6.74. The van der Waals surface area contributed by atoms with Crippen molar-refractivity contribution in [1.29, 1.82) is 0 Å². The lowest BCUT2D eigenvalue weighted by Crippen LogP contribution is -2.44. The molecule has 0 unspecified atom stereocenters. The molecule has 3 fully saturated rings. The number of methoxy groups -OCH3 is 1. The van der Waals surface area contributed by atoms with E-state index in [0.29, 0.717) is 10.8 Å². The normalized spacial score (nSPS) is 33.5. The van der Waals surface area contributed by atoms with Crippen LogP contribution in [0.4, 0.5) is 0 Å². The standard InChI is InChI=1S/C18H26O/c1-19-15-5-8-17-9-12-18(13-10-17,14-11-17)16-6-3-2-4-7-16/h2-4,6-7H,5,8-15H2,1H3. The molecule has 0 heterocycles. The molecular formula is C18H26O. The maximum Gasteiger partial charge on any atom is 0.0462 e. The van der Waals surface area contributed by atoms with Crippen molar-refractivity contribution in [2.75, 3.05) is 13.7 Å². The molecule has 104 valence electrons. The van der Waals surface area contributed by atoms with Gasteiger partial charge in [0.25, 0.3) is 0 Å². The van der Waals surface area contributed by atoms with E-state index in [1.165, 1.54) is 51.4 Å². The van der Waals surface area contributed by atoms with Crippen LogP contribution in [-0.4, -0.2) is 13.7 Å². The van der Waals surface area contributed by atoms with Gasteiger partial charge in [-0.05, 0) is 67.8 Å². The third-order valence-corrected chi connectivity index (χ3v) is 5.84. The summed E-state index contributed by atoms with van der Waals surface area (Å²) in [6.07, 6.45) is 11.2. The number of benzene rings is 1. The molecule has 3 saturated carbocycles. The first-order valence-corrected chi connectivity index (χ1v) is 7.83. The molecule has 19 heavy (non-hydrogen) atoms. The van der Waals surface area contributed by atoms with Gasteiger partial charge in [0.05, 0.1) is 0 Å². The van der Waals surface area contributed by atoms with E-state index in [2.05, 4.69) is 30.3 Å². The molecule has 0 aromatic heterocycles. The van der Waals surface area contributed by atoms with Crippen molar-refractivity contribution < 1.29 is 4.74 Å². The summed E-state index contributed by atoms with van der Waals surface area (Å²) in [5.74, 6) is 0. The van der Waals surface area contributed by atoms with E-state index in [4.69, 9.17) is 4.74 Å². The van der Waals surface area contributed by atoms with Gasteiger partial charge in [0.1, 0.15) is 0 Å².